The number of phenolic OH excluding ortho intramolecular Hbond substituents is 1. The zero-order valence-corrected chi connectivity index (χ0v) is 19.7. The van der Waals surface area contributed by atoms with Gasteiger partial charge in [0.1, 0.15) is 11.4 Å². The van der Waals surface area contributed by atoms with E-state index in [1.165, 1.54) is 22.9 Å². The second-order valence-corrected chi connectivity index (χ2v) is 9.11. The Labute approximate surface area is 196 Å². The highest BCUT2D eigenvalue weighted by Crippen LogP contribution is 2.24. The van der Waals surface area contributed by atoms with E-state index in [-0.39, 0.29) is 41.4 Å². The fourth-order valence-electron chi connectivity index (χ4n) is 3.50. The Morgan fingerprint density at radius 2 is 1.79 bits per heavy atom. The van der Waals surface area contributed by atoms with Crippen molar-refractivity contribution in [3.05, 3.63) is 75.2 Å². The van der Waals surface area contributed by atoms with Crippen LogP contribution in [0.5, 0.6) is 5.75 Å². The number of hydrogen-bond donors (Lipinski definition) is 3. The molecule has 0 spiro atoms. The van der Waals surface area contributed by atoms with Crippen LogP contribution in [0.15, 0.2) is 53.3 Å². The standard InChI is InChI=1S/C24H27ClN4O4/c1-15-21(23(33)29(28(15)4)17-8-6-5-7-9-17)27-20(31)13-24(2,3)14-26-22(32)18-12-16(25)10-11-19(18)30/h5-12,30H,13-14H2,1-4H3,(H,26,32)(H,27,31). The molecule has 2 aromatic carbocycles. The van der Waals surface area contributed by atoms with E-state index in [1.54, 1.807) is 18.7 Å². The fraction of sp³-hybridized carbons (Fsp3) is 0.292. The van der Waals surface area contributed by atoms with Gasteiger partial charge in [0.15, 0.2) is 0 Å². The van der Waals surface area contributed by atoms with Gasteiger partial charge in [-0.1, -0.05) is 43.6 Å². The molecule has 0 fully saturated rings. The van der Waals surface area contributed by atoms with Crippen LogP contribution in [0.1, 0.15) is 36.3 Å². The SMILES string of the molecule is Cc1c(NC(=O)CC(C)(C)CNC(=O)c2cc(Cl)ccc2O)c(=O)n(-c2ccccc2)n1C. The molecule has 0 bridgehead atoms. The van der Waals surface area contributed by atoms with Crippen molar-refractivity contribution in [2.24, 2.45) is 12.5 Å². The first kappa shape index (κ1) is 24.1. The lowest BCUT2D eigenvalue weighted by Crippen LogP contribution is -2.36. The molecule has 174 valence electrons. The number of carbonyl (C=O) groups is 2. The molecule has 0 radical (unpaired) electrons. The molecule has 0 aliphatic rings. The van der Waals surface area contributed by atoms with Gasteiger partial charge < -0.3 is 15.7 Å². The minimum Gasteiger partial charge on any atom is -0.507 e. The number of anilines is 1. The monoisotopic (exact) mass is 470 g/mol. The molecule has 1 heterocycles. The number of nitrogens with zero attached hydrogens (tertiary/aromatic N) is 2. The van der Waals surface area contributed by atoms with Crippen LogP contribution in [0.25, 0.3) is 5.69 Å². The van der Waals surface area contributed by atoms with Crippen LogP contribution in [-0.4, -0.2) is 32.8 Å². The minimum absolute atomic E-state index is 0.0594. The summed E-state index contributed by atoms with van der Waals surface area (Å²) in [7, 11) is 1.75. The molecule has 9 heteroatoms. The van der Waals surface area contributed by atoms with Crippen molar-refractivity contribution < 1.29 is 14.7 Å². The number of benzene rings is 2. The van der Waals surface area contributed by atoms with Gasteiger partial charge in [-0.25, -0.2) is 4.68 Å². The Balaban J connectivity index is 1.68. The molecule has 0 aliphatic heterocycles. The summed E-state index contributed by atoms with van der Waals surface area (Å²) in [6.07, 6.45) is 0.0634. The van der Waals surface area contributed by atoms with E-state index in [2.05, 4.69) is 10.6 Å². The van der Waals surface area contributed by atoms with Gasteiger partial charge in [-0.3, -0.25) is 19.1 Å². The quantitative estimate of drug-likeness (QED) is 0.490. The van der Waals surface area contributed by atoms with E-state index in [4.69, 9.17) is 11.6 Å². The predicted molar refractivity (Wildman–Crippen MR) is 128 cm³/mol. The summed E-state index contributed by atoms with van der Waals surface area (Å²) in [5.74, 6) is -1.01. The third-order valence-corrected chi connectivity index (χ3v) is 5.62. The topological polar surface area (TPSA) is 105 Å². The van der Waals surface area contributed by atoms with Crippen molar-refractivity contribution in [1.29, 1.82) is 0 Å². The van der Waals surface area contributed by atoms with Crippen molar-refractivity contribution >= 4 is 29.1 Å². The summed E-state index contributed by atoms with van der Waals surface area (Å²) < 4.78 is 3.18. The van der Waals surface area contributed by atoms with Crippen LogP contribution < -0.4 is 16.2 Å². The molecule has 0 atom stereocenters. The maximum Gasteiger partial charge on any atom is 0.295 e. The van der Waals surface area contributed by atoms with Crippen molar-refractivity contribution in [2.75, 3.05) is 11.9 Å². The number of aromatic hydroxyl groups is 1. The smallest absolute Gasteiger partial charge is 0.295 e. The van der Waals surface area contributed by atoms with Gasteiger partial charge in [-0.2, -0.15) is 0 Å². The highest BCUT2D eigenvalue weighted by Gasteiger charge is 2.26. The van der Waals surface area contributed by atoms with E-state index >= 15 is 0 Å². The second-order valence-electron chi connectivity index (χ2n) is 8.67. The van der Waals surface area contributed by atoms with Crippen LogP contribution in [0.3, 0.4) is 0 Å². The Kier molecular flexibility index (Phi) is 6.98. The zero-order valence-electron chi connectivity index (χ0n) is 19.0. The van der Waals surface area contributed by atoms with Gasteiger partial charge >= 0.3 is 0 Å². The van der Waals surface area contributed by atoms with Gasteiger partial charge in [0.25, 0.3) is 11.5 Å². The van der Waals surface area contributed by atoms with Gasteiger partial charge in [-0.15, -0.1) is 0 Å². The maximum atomic E-state index is 13.0. The number of amides is 2. The Bertz CT molecular complexity index is 1250. The molecule has 0 aliphatic carbocycles. The predicted octanol–water partition coefficient (Wildman–Crippen LogP) is 3.63. The molecular weight excluding hydrogens is 444 g/mol. The lowest BCUT2D eigenvalue weighted by Gasteiger charge is -2.24. The fourth-order valence-corrected chi connectivity index (χ4v) is 3.67. The van der Waals surface area contributed by atoms with Crippen molar-refractivity contribution in [1.82, 2.24) is 14.7 Å². The number of nitrogens with one attached hydrogen (secondary N) is 2. The van der Waals surface area contributed by atoms with Gasteiger partial charge in [0.05, 0.1) is 16.9 Å². The summed E-state index contributed by atoms with van der Waals surface area (Å²) in [5, 5.41) is 15.7. The number of hydrogen-bond acceptors (Lipinski definition) is 4. The zero-order chi connectivity index (χ0) is 24.3. The van der Waals surface area contributed by atoms with Gasteiger partial charge in [0, 0.05) is 25.0 Å². The summed E-state index contributed by atoms with van der Waals surface area (Å²) in [6.45, 7) is 5.59. The number of halogens is 1. The van der Waals surface area contributed by atoms with E-state index < -0.39 is 11.3 Å². The number of carbonyl (C=O) groups excluding carboxylic acids is 2. The molecular formula is C24H27ClN4O4. The third-order valence-electron chi connectivity index (χ3n) is 5.39. The van der Waals surface area contributed by atoms with E-state index in [0.29, 0.717) is 16.4 Å². The highest BCUT2D eigenvalue weighted by molar-refractivity contribution is 6.31. The summed E-state index contributed by atoms with van der Waals surface area (Å²) in [5.41, 5.74) is 0.659. The Morgan fingerprint density at radius 3 is 2.45 bits per heavy atom. The largest absolute Gasteiger partial charge is 0.507 e. The molecule has 0 saturated heterocycles. The number of phenols is 1. The molecule has 1 aromatic heterocycles. The summed E-state index contributed by atoms with van der Waals surface area (Å²) in [4.78, 5) is 38.2. The Morgan fingerprint density at radius 1 is 1.12 bits per heavy atom. The average molecular weight is 471 g/mol. The molecule has 8 nitrogen and oxygen atoms in total. The lowest BCUT2D eigenvalue weighted by molar-refractivity contribution is -0.118. The van der Waals surface area contributed by atoms with Crippen LogP contribution in [-0.2, 0) is 11.8 Å². The van der Waals surface area contributed by atoms with Crippen LogP contribution in [0.4, 0.5) is 5.69 Å². The number of rotatable bonds is 7. The molecule has 33 heavy (non-hydrogen) atoms. The van der Waals surface area contributed by atoms with Crippen molar-refractivity contribution in [2.45, 2.75) is 27.2 Å². The molecule has 3 aromatic rings. The summed E-state index contributed by atoms with van der Waals surface area (Å²) >= 11 is 5.90. The normalized spacial score (nSPS) is 11.3. The minimum atomic E-state index is -0.616. The Hall–Kier alpha value is -3.52. The maximum absolute atomic E-state index is 13.0. The van der Waals surface area contributed by atoms with E-state index in [9.17, 15) is 19.5 Å². The molecule has 2 amide bonds. The number of aromatic nitrogens is 2. The van der Waals surface area contributed by atoms with E-state index in [0.717, 1.165) is 0 Å². The van der Waals surface area contributed by atoms with Crippen molar-refractivity contribution in [3.63, 3.8) is 0 Å². The van der Waals surface area contributed by atoms with Gasteiger partial charge in [-0.05, 0) is 42.7 Å². The molecule has 3 N–H and O–H groups in total. The lowest BCUT2D eigenvalue weighted by atomic mass is 9.88. The average Bonchev–Trinajstić information content (AvgIpc) is 2.97. The molecule has 0 unspecified atom stereocenters. The first-order valence-corrected chi connectivity index (χ1v) is 10.8. The second kappa shape index (κ2) is 9.54. The van der Waals surface area contributed by atoms with Crippen LogP contribution in [0, 0.1) is 12.3 Å². The van der Waals surface area contributed by atoms with Crippen LogP contribution >= 0.6 is 11.6 Å². The van der Waals surface area contributed by atoms with E-state index in [1.807, 2.05) is 44.2 Å². The highest BCUT2D eigenvalue weighted by atomic mass is 35.5. The molecule has 3 rings (SSSR count). The third kappa shape index (κ3) is 5.46. The summed E-state index contributed by atoms with van der Waals surface area (Å²) in [6, 6.07) is 13.4. The van der Waals surface area contributed by atoms with Crippen molar-refractivity contribution in [3.8, 4) is 11.4 Å². The van der Waals surface area contributed by atoms with Gasteiger partial charge in [0.2, 0.25) is 5.91 Å². The first-order chi connectivity index (χ1) is 15.5. The molecule has 0 saturated carbocycles. The van der Waals surface area contributed by atoms with Crippen LogP contribution in [0.2, 0.25) is 5.02 Å². The number of para-hydroxylation sites is 1. The first-order valence-electron chi connectivity index (χ1n) is 10.4.